The van der Waals surface area contributed by atoms with Crippen LogP contribution in [0.15, 0.2) is 84.5 Å². The molecule has 29 heavy (non-hydrogen) atoms. The molecule has 0 atom stereocenters. The lowest BCUT2D eigenvalue weighted by Gasteiger charge is -2.06. The number of thiophene rings is 1. The van der Waals surface area contributed by atoms with Crippen LogP contribution in [0.1, 0.15) is 25.6 Å². The van der Waals surface area contributed by atoms with E-state index in [-0.39, 0.29) is 11.8 Å². The van der Waals surface area contributed by atoms with Crippen molar-refractivity contribution in [1.29, 1.82) is 0 Å². The lowest BCUT2D eigenvalue weighted by atomic mass is 10.2. The molecule has 2 N–H and O–H groups in total. The SMILES string of the molecule is O=C(Nc1cnn(Cc2ccccc2)c1)c1ccc(NC(=O)c2cccs2)cc1. The van der Waals surface area contributed by atoms with Gasteiger partial charge in [0.15, 0.2) is 0 Å². The largest absolute Gasteiger partial charge is 0.321 e. The van der Waals surface area contributed by atoms with Crippen molar-refractivity contribution in [2.24, 2.45) is 0 Å². The smallest absolute Gasteiger partial charge is 0.265 e. The average Bonchev–Trinajstić information content (AvgIpc) is 3.42. The molecule has 0 aliphatic rings. The maximum absolute atomic E-state index is 12.5. The zero-order valence-electron chi connectivity index (χ0n) is 15.4. The molecule has 2 amide bonds. The molecular formula is C22H18N4O2S. The normalized spacial score (nSPS) is 10.5. The van der Waals surface area contributed by atoms with Crippen molar-refractivity contribution < 1.29 is 9.59 Å². The van der Waals surface area contributed by atoms with E-state index in [1.165, 1.54) is 11.3 Å². The van der Waals surface area contributed by atoms with Crippen molar-refractivity contribution in [2.45, 2.75) is 6.54 Å². The summed E-state index contributed by atoms with van der Waals surface area (Å²) in [5, 5.41) is 11.8. The molecule has 144 valence electrons. The van der Waals surface area contributed by atoms with Crippen molar-refractivity contribution in [3.8, 4) is 0 Å². The van der Waals surface area contributed by atoms with Crippen molar-refractivity contribution in [1.82, 2.24) is 9.78 Å². The van der Waals surface area contributed by atoms with E-state index in [1.807, 2.05) is 41.8 Å². The highest BCUT2D eigenvalue weighted by Crippen LogP contribution is 2.15. The molecule has 2 heterocycles. The van der Waals surface area contributed by atoms with Crippen molar-refractivity contribution in [3.05, 3.63) is 101 Å². The monoisotopic (exact) mass is 402 g/mol. The summed E-state index contributed by atoms with van der Waals surface area (Å²) in [6, 6.07) is 20.3. The molecule has 4 aromatic rings. The van der Waals surface area contributed by atoms with E-state index in [4.69, 9.17) is 0 Å². The zero-order valence-corrected chi connectivity index (χ0v) is 16.2. The van der Waals surface area contributed by atoms with Crippen LogP contribution >= 0.6 is 11.3 Å². The Balaban J connectivity index is 1.35. The highest BCUT2D eigenvalue weighted by Gasteiger charge is 2.10. The predicted octanol–water partition coefficient (Wildman–Crippen LogP) is 4.50. The molecule has 0 saturated heterocycles. The first-order valence-electron chi connectivity index (χ1n) is 9.00. The fraction of sp³-hybridized carbons (Fsp3) is 0.0455. The number of carbonyl (C=O) groups excluding carboxylic acids is 2. The summed E-state index contributed by atoms with van der Waals surface area (Å²) in [6.45, 7) is 0.634. The number of rotatable bonds is 6. The summed E-state index contributed by atoms with van der Waals surface area (Å²) >= 11 is 1.38. The molecule has 4 rings (SSSR count). The minimum absolute atomic E-state index is 0.164. The molecule has 7 heteroatoms. The predicted molar refractivity (Wildman–Crippen MR) is 114 cm³/mol. The average molecular weight is 402 g/mol. The molecule has 2 aromatic carbocycles. The van der Waals surface area contributed by atoms with Gasteiger partial charge in [0.1, 0.15) is 0 Å². The van der Waals surface area contributed by atoms with Crippen LogP contribution in [0, 0.1) is 0 Å². The first kappa shape index (κ1) is 18.6. The van der Waals surface area contributed by atoms with Crippen LogP contribution in [0.3, 0.4) is 0 Å². The van der Waals surface area contributed by atoms with Crippen LogP contribution in [0.2, 0.25) is 0 Å². The third-order valence-corrected chi connectivity index (χ3v) is 5.10. The van der Waals surface area contributed by atoms with Gasteiger partial charge in [-0.25, -0.2) is 0 Å². The molecule has 0 fully saturated rings. The van der Waals surface area contributed by atoms with Crippen LogP contribution in [-0.2, 0) is 6.54 Å². The minimum Gasteiger partial charge on any atom is -0.321 e. The van der Waals surface area contributed by atoms with E-state index >= 15 is 0 Å². The number of aromatic nitrogens is 2. The third kappa shape index (κ3) is 4.77. The number of amides is 2. The van der Waals surface area contributed by atoms with Gasteiger partial charge in [0.25, 0.3) is 11.8 Å². The van der Waals surface area contributed by atoms with Gasteiger partial charge in [-0.2, -0.15) is 5.10 Å². The van der Waals surface area contributed by atoms with Gasteiger partial charge < -0.3 is 10.6 Å². The van der Waals surface area contributed by atoms with Crippen LogP contribution in [0.4, 0.5) is 11.4 Å². The van der Waals surface area contributed by atoms with Gasteiger partial charge >= 0.3 is 0 Å². The Morgan fingerprint density at radius 1 is 0.862 bits per heavy atom. The van der Waals surface area contributed by atoms with Gasteiger partial charge in [-0.15, -0.1) is 11.3 Å². The van der Waals surface area contributed by atoms with Gasteiger partial charge in [-0.1, -0.05) is 36.4 Å². The third-order valence-electron chi connectivity index (χ3n) is 4.23. The highest BCUT2D eigenvalue weighted by molar-refractivity contribution is 7.12. The summed E-state index contributed by atoms with van der Waals surface area (Å²) in [4.78, 5) is 25.2. The van der Waals surface area contributed by atoms with Gasteiger partial charge in [-0.3, -0.25) is 14.3 Å². The molecule has 0 spiro atoms. The van der Waals surface area contributed by atoms with E-state index in [2.05, 4.69) is 15.7 Å². The Hall–Kier alpha value is -3.71. The minimum atomic E-state index is -0.236. The van der Waals surface area contributed by atoms with Gasteiger partial charge in [0, 0.05) is 17.4 Å². The Kier molecular flexibility index (Phi) is 5.49. The molecule has 0 aliphatic carbocycles. The zero-order chi connectivity index (χ0) is 20.1. The van der Waals surface area contributed by atoms with E-state index in [0.29, 0.717) is 28.4 Å². The number of anilines is 2. The second kappa shape index (κ2) is 8.53. The second-order valence-corrected chi connectivity index (χ2v) is 7.32. The maximum atomic E-state index is 12.5. The van der Waals surface area contributed by atoms with Gasteiger partial charge in [-0.05, 0) is 41.3 Å². The Morgan fingerprint density at radius 2 is 1.62 bits per heavy atom. The Labute approximate surface area is 171 Å². The van der Waals surface area contributed by atoms with Crippen LogP contribution in [0.5, 0.6) is 0 Å². The number of carbonyl (C=O) groups is 2. The summed E-state index contributed by atoms with van der Waals surface area (Å²) in [6.07, 6.45) is 3.41. The standard InChI is InChI=1S/C22H18N4O2S/c27-21(25-19-13-23-26(15-19)14-16-5-2-1-3-6-16)17-8-10-18(11-9-17)24-22(28)20-7-4-12-29-20/h1-13,15H,14H2,(H,24,28)(H,25,27). The quantitative estimate of drug-likeness (QED) is 0.499. The van der Waals surface area contributed by atoms with E-state index < -0.39 is 0 Å². The number of nitrogens with one attached hydrogen (secondary N) is 2. The number of hydrogen-bond acceptors (Lipinski definition) is 4. The van der Waals surface area contributed by atoms with Gasteiger partial charge in [0.05, 0.1) is 23.3 Å². The summed E-state index contributed by atoms with van der Waals surface area (Å²) < 4.78 is 1.77. The number of hydrogen-bond donors (Lipinski definition) is 2. The molecule has 0 saturated carbocycles. The summed E-state index contributed by atoms with van der Waals surface area (Å²) in [5.74, 6) is -0.400. The van der Waals surface area contributed by atoms with Crippen LogP contribution < -0.4 is 10.6 Å². The van der Waals surface area contributed by atoms with Crippen molar-refractivity contribution in [2.75, 3.05) is 10.6 Å². The van der Waals surface area contributed by atoms with Gasteiger partial charge in [0.2, 0.25) is 0 Å². The van der Waals surface area contributed by atoms with E-state index in [0.717, 1.165) is 5.56 Å². The molecule has 0 unspecified atom stereocenters. The summed E-state index contributed by atoms with van der Waals surface area (Å²) in [5.41, 5.74) is 2.89. The lowest BCUT2D eigenvalue weighted by molar-refractivity contribution is 0.102. The number of nitrogens with zero attached hydrogens (tertiary/aromatic N) is 2. The topological polar surface area (TPSA) is 76.0 Å². The lowest BCUT2D eigenvalue weighted by Crippen LogP contribution is -2.13. The van der Waals surface area contributed by atoms with Crippen molar-refractivity contribution >= 4 is 34.5 Å². The molecule has 0 bridgehead atoms. The molecule has 2 aromatic heterocycles. The first-order valence-corrected chi connectivity index (χ1v) is 9.88. The molecule has 0 radical (unpaired) electrons. The highest BCUT2D eigenvalue weighted by atomic mass is 32.1. The maximum Gasteiger partial charge on any atom is 0.265 e. The fourth-order valence-corrected chi connectivity index (χ4v) is 3.41. The first-order chi connectivity index (χ1) is 14.2. The molecule has 6 nitrogen and oxygen atoms in total. The van der Waals surface area contributed by atoms with E-state index in [9.17, 15) is 9.59 Å². The van der Waals surface area contributed by atoms with Crippen LogP contribution in [0.25, 0.3) is 0 Å². The Morgan fingerprint density at radius 3 is 2.34 bits per heavy atom. The molecular weight excluding hydrogens is 384 g/mol. The van der Waals surface area contributed by atoms with Crippen molar-refractivity contribution in [3.63, 3.8) is 0 Å². The number of benzene rings is 2. The van der Waals surface area contributed by atoms with Crippen LogP contribution in [-0.4, -0.2) is 21.6 Å². The summed E-state index contributed by atoms with van der Waals surface area (Å²) in [7, 11) is 0. The molecule has 0 aliphatic heterocycles. The van der Waals surface area contributed by atoms with E-state index in [1.54, 1.807) is 47.4 Å². The second-order valence-electron chi connectivity index (χ2n) is 6.38. The fourth-order valence-electron chi connectivity index (χ4n) is 2.79. The Bertz CT molecular complexity index is 1100.